The number of carbonyl (C=O) groups is 1. The molecule has 2 aromatic rings. The van der Waals surface area contributed by atoms with Gasteiger partial charge in [0.2, 0.25) is 5.91 Å². The van der Waals surface area contributed by atoms with Crippen molar-refractivity contribution in [3.63, 3.8) is 0 Å². The summed E-state index contributed by atoms with van der Waals surface area (Å²) in [5.74, 6) is -0.405. The highest BCUT2D eigenvalue weighted by atomic mass is 32.1. The Morgan fingerprint density at radius 3 is 2.55 bits per heavy atom. The van der Waals surface area contributed by atoms with Gasteiger partial charge in [-0.05, 0) is 26.0 Å². The third-order valence-corrected chi connectivity index (χ3v) is 7.12. The van der Waals surface area contributed by atoms with Crippen LogP contribution in [0.15, 0.2) is 29.6 Å². The second kappa shape index (κ2) is 10.2. The van der Waals surface area contributed by atoms with Crippen LogP contribution < -0.4 is 5.73 Å². The second-order valence-electron chi connectivity index (χ2n) is 8.74. The standard InChI is InChI=1S/C23H33N5O2S/c1-17(2)28-11-12-30-21(15-28)14-27-9-7-26(8-10-27)13-20-16-31-23(25-20)19-5-3-18(4-6-19)22(24)29/h3-6,16-17,21H,7-15H2,1-2H3,(H2,24,29). The van der Waals surface area contributed by atoms with E-state index >= 15 is 0 Å². The average Bonchev–Trinajstić information content (AvgIpc) is 3.24. The minimum absolute atomic E-state index is 0.324. The molecule has 1 amide bonds. The van der Waals surface area contributed by atoms with Crippen LogP contribution in [-0.4, -0.2) is 90.2 Å². The van der Waals surface area contributed by atoms with Crippen molar-refractivity contribution in [1.29, 1.82) is 0 Å². The third-order valence-electron chi connectivity index (χ3n) is 6.18. The molecule has 4 rings (SSSR count). The lowest BCUT2D eigenvalue weighted by atomic mass is 10.1. The van der Waals surface area contributed by atoms with Gasteiger partial charge in [0.15, 0.2) is 0 Å². The summed E-state index contributed by atoms with van der Waals surface area (Å²) in [5, 5.41) is 3.12. The first kappa shape index (κ1) is 22.4. The molecule has 0 bridgehead atoms. The van der Waals surface area contributed by atoms with Crippen LogP contribution in [0.4, 0.5) is 0 Å². The van der Waals surface area contributed by atoms with Gasteiger partial charge in [-0.2, -0.15) is 0 Å². The maximum absolute atomic E-state index is 11.2. The summed E-state index contributed by atoms with van der Waals surface area (Å²) >= 11 is 1.65. The number of carbonyl (C=O) groups excluding carboxylic acids is 1. The van der Waals surface area contributed by atoms with Crippen molar-refractivity contribution in [3.8, 4) is 10.6 Å². The van der Waals surface area contributed by atoms with E-state index < -0.39 is 5.91 Å². The van der Waals surface area contributed by atoms with Crippen molar-refractivity contribution in [2.45, 2.75) is 32.5 Å². The lowest BCUT2D eigenvalue weighted by Gasteiger charge is -2.40. The highest BCUT2D eigenvalue weighted by Crippen LogP contribution is 2.25. The van der Waals surface area contributed by atoms with E-state index in [2.05, 4.69) is 33.9 Å². The average molecular weight is 444 g/mol. The van der Waals surface area contributed by atoms with E-state index in [0.29, 0.717) is 17.7 Å². The van der Waals surface area contributed by atoms with Crippen molar-refractivity contribution < 1.29 is 9.53 Å². The van der Waals surface area contributed by atoms with Crippen LogP contribution >= 0.6 is 11.3 Å². The summed E-state index contributed by atoms with van der Waals surface area (Å²) in [5.41, 5.74) is 7.97. The Labute approximate surface area is 188 Å². The van der Waals surface area contributed by atoms with Crippen LogP contribution in [-0.2, 0) is 11.3 Å². The zero-order valence-electron chi connectivity index (χ0n) is 18.5. The van der Waals surface area contributed by atoms with Gasteiger partial charge in [-0.15, -0.1) is 11.3 Å². The Kier molecular flexibility index (Phi) is 7.35. The Balaban J connectivity index is 1.24. The summed E-state index contributed by atoms with van der Waals surface area (Å²) < 4.78 is 6.02. The third kappa shape index (κ3) is 5.90. The number of primary amides is 1. The molecule has 7 nitrogen and oxygen atoms in total. The largest absolute Gasteiger partial charge is 0.374 e. The van der Waals surface area contributed by atoms with E-state index in [1.165, 1.54) is 0 Å². The second-order valence-corrected chi connectivity index (χ2v) is 9.60. The molecule has 0 radical (unpaired) electrons. The van der Waals surface area contributed by atoms with Gasteiger partial charge < -0.3 is 10.5 Å². The number of amides is 1. The van der Waals surface area contributed by atoms with Crippen molar-refractivity contribution in [1.82, 2.24) is 19.7 Å². The Morgan fingerprint density at radius 1 is 1.16 bits per heavy atom. The van der Waals surface area contributed by atoms with Crippen LogP contribution in [0.25, 0.3) is 10.6 Å². The van der Waals surface area contributed by atoms with E-state index in [9.17, 15) is 4.79 Å². The highest BCUT2D eigenvalue weighted by Gasteiger charge is 2.26. The van der Waals surface area contributed by atoms with E-state index in [-0.39, 0.29) is 0 Å². The molecule has 0 spiro atoms. The molecule has 1 unspecified atom stereocenters. The van der Waals surface area contributed by atoms with E-state index in [1.807, 2.05) is 12.1 Å². The molecule has 2 N–H and O–H groups in total. The first-order chi connectivity index (χ1) is 15.0. The molecular formula is C23H33N5O2S. The predicted octanol–water partition coefficient (Wildman–Crippen LogP) is 2.14. The van der Waals surface area contributed by atoms with Crippen LogP contribution in [0, 0.1) is 0 Å². The van der Waals surface area contributed by atoms with Crippen molar-refractivity contribution in [2.24, 2.45) is 5.73 Å². The molecule has 8 heteroatoms. The fraction of sp³-hybridized carbons (Fsp3) is 0.565. The number of morpholine rings is 1. The maximum atomic E-state index is 11.2. The summed E-state index contributed by atoms with van der Waals surface area (Å²) in [6.45, 7) is 13.6. The number of thiazole rings is 1. The van der Waals surface area contributed by atoms with Crippen molar-refractivity contribution in [3.05, 3.63) is 40.9 Å². The molecule has 2 saturated heterocycles. The van der Waals surface area contributed by atoms with Gasteiger partial charge in [-0.3, -0.25) is 19.5 Å². The smallest absolute Gasteiger partial charge is 0.248 e. The van der Waals surface area contributed by atoms with Gasteiger partial charge in [-0.1, -0.05) is 12.1 Å². The normalized spacial score (nSPS) is 21.6. The van der Waals surface area contributed by atoms with E-state index in [1.54, 1.807) is 23.5 Å². The van der Waals surface area contributed by atoms with Crippen LogP contribution in [0.3, 0.4) is 0 Å². The van der Waals surface area contributed by atoms with Gasteiger partial charge >= 0.3 is 0 Å². The quantitative estimate of drug-likeness (QED) is 0.707. The number of ether oxygens (including phenoxy) is 1. The molecule has 2 aliphatic rings. The number of hydrogen-bond acceptors (Lipinski definition) is 7. The van der Waals surface area contributed by atoms with E-state index in [4.69, 9.17) is 15.5 Å². The number of aromatic nitrogens is 1. The van der Waals surface area contributed by atoms with Gasteiger partial charge in [0.05, 0.1) is 18.4 Å². The lowest BCUT2D eigenvalue weighted by molar-refractivity contribution is -0.0566. The van der Waals surface area contributed by atoms with Crippen LogP contribution in [0.5, 0.6) is 0 Å². The first-order valence-corrected chi connectivity index (χ1v) is 12.0. The minimum Gasteiger partial charge on any atom is -0.374 e. The number of nitrogens with two attached hydrogens (primary N) is 1. The topological polar surface area (TPSA) is 74.9 Å². The van der Waals surface area contributed by atoms with Gasteiger partial charge in [-0.25, -0.2) is 4.98 Å². The SMILES string of the molecule is CC(C)N1CCOC(CN2CCN(Cc3csc(-c4ccc(C(N)=O)cc4)n3)CC2)C1. The number of nitrogens with zero attached hydrogens (tertiary/aromatic N) is 4. The minimum atomic E-state index is -0.405. The van der Waals surface area contributed by atoms with Crippen LogP contribution in [0.1, 0.15) is 29.9 Å². The number of benzene rings is 1. The Bertz CT molecular complexity index is 861. The summed E-state index contributed by atoms with van der Waals surface area (Å²) in [4.78, 5) is 23.6. The molecular weight excluding hydrogens is 410 g/mol. The summed E-state index contributed by atoms with van der Waals surface area (Å²) in [7, 11) is 0. The molecule has 1 atom stereocenters. The molecule has 1 aromatic heterocycles. The Morgan fingerprint density at radius 2 is 1.87 bits per heavy atom. The monoisotopic (exact) mass is 443 g/mol. The molecule has 2 aliphatic heterocycles. The zero-order chi connectivity index (χ0) is 21.8. The first-order valence-electron chi connectivity index (χ1n) is 11.1. The number of piperazine rings is 1. The van der Waals surface area contributed by atoms with E-state index in [0.717, 1.165) is 75.2 Å². The predicted molar refractivity (Wildman–Crippen MR) is 124 cm³/mol. The fourth-order valence-electron chi connectivity index (χ4n) is 4.26. The molecule has 31 heavy (non-hydrogen) atoms. The maximum Gasteiger partial charge on any atom is 0.248 e. The molecule has 3 heterocycles. The number of hydrogen-bond donors (Lipinski definition) is 1. The molecule has 0 aliphatic carbocycles. The molecule has 2 fully saturated rings. The fourth-order valence-corrected chi connectivity index (χ4v) is 5.07. The van der Waals surface area contributed by atoms with Gasteiger partial charge in [0, 0.05) is 74.9 Å². The highest BCUT2D eigenvalue weighted by molar-refractivity contribution is 7.13. The summed E-state index contributed by atoms with van der Waals surface area (Å²) in [6, 6.07) is 7.93. The number of rotatable bonds is 7. The zero-order valence-corrected chi connectivity index (χ0v) is 19.3. The Hall–Kier alpha value is -1.84. The molecule has 0 saturated carbocycles. The van der Waals surface area contributed by atoms with Gasteiger partial charge in [0.1, 0.15) is 5.01 Å². The van der Waals surface area contributed by atoms with Crippen molar-refractivity contribution in [2.75, 3.05) is 52.4 Å². The van der Waals surface area contributed by atoms with Gasteiger partial charge in [0.25, 0.3) is 0 Å². The van der Waals surface area contributed by atoms with Crippen LogP contribution in [0.2, 0.25) is 0 Å². The van der Waals surface area contributed by atoms with Crippen molar-refractivity contribution >= 4 is 17.2 Å². The molecule has 168 valence electrons. The lowest BCUT2D eigenvalue weighted by Crippen LogP contribution is -2.53. The summed E-state index contributed by atoms with van der Waals surface area (Å²) in [6.07, 6.45) is 0.324. The molecule has 1 aromatic carbocycles.